The molecule has 0 N–H and O–H groups in total. The zero-order chi connectivity index (χ0) is 14.1. The second-order valence-corrected chi connectivity index (χ2v) is 5.06. The second-order valence-electron chi connectivity index (χ2n) is 5.06. The van der Waals surface area contributed by atoms with E-state index in [-0.39, 0.29) is 17.9 Å². The van der Waals surface area contributed by atoms with Gasteiger partial charge >= 0.3 is 0 Å². The largest absolute Gasteiger partial charge is 0.497 e. The molecule has 0 saturated carbocycles. The number of likely N-dealkylation sites (N-methyl/N-ethyl adjacent to an activating group) is 1. The van der Waals surface area contributed by atoms with Gasteiger partial charge in [0.2, 0.25) is 0 Å². The Morgan fingerprint density at radius 2 is 1.70 bits per heavy atom. The second kappa shape index (κ2) is 5.10. The van der Waals surface area contributed by atoms with Gasteiger partial charge in [0.25, 0.3) is 0 Å². The van der Waals surface area contributed by atoms with E-state index in [1.165, 1.54) is 5.56 Å². The number of carbonyl (C=O) groups excluding carboxylic acids is 1. The van der Waals surface area contributed by atoms with Crippen LogP contribution in [0.15, 0.2) is 54.6 Å². The highest BCUT2D eigenvalue weighted by Crippen LogP contribution is 2.42. The third-order valence-corrected chi connectivity index (χ3v) is 3.87. The fourth-order valence-corrected chi connectivity index (χ4v) is 2.66. The molecule has 0 amide bonds. The molecular weight excluding hydrogens is 250 g/mol. The fourth-order valence-electron chi connectivity index (χ4n) is 2.66. The third kappa shape index (κ3) is 2.21. The molecule has 20 heavy (non-hydrogen) atoms. The highest BCUT2D eigenvalue weighted by atomic mass is 16.5. The average Bonchev–Trinajstić information content (AvgIpc) is 3.19. The normalized spacial score (nSPS) is 24.2. The van der Waals surface area contributed by atoms with Crippen LogP contribution in [0.25, 0.3) is 0 Å². The molecule has 1 fully saturated rings. The van der Waals surface area contributed by atoms with Crippen molar-refractivity contribution in [3.8, 4) is 5.75 Å². The predicted molar refractivity (Wildman–Crippen MR) is 78.1 cm³/mol. The van der Waals surface area contributed by atoms with Crippen LogP contribution in [-0.4, -0.2) is 30.9 Å². The molecule has 1 aliphatic heterocycles. The maximum Gasteiger partial charge on any atom is 0.181 e. The van der Waals surface area contributed by atoms with Gasteiger partial charge in [-0.2, -0.15) is 0 Å². The molecule has 0 radical (unpaired) electrons. The molecule has 2 aromatic carbocycles. The van der Waals surface area contributed by atoms with Gasteiger partial charge in [0, 0.05) is 5.56 Å². The van der Waals surface area contributed by atoms with Crippen LogP contribution in [-0.2, 0) is 0 Å². The minimum absolute atomic E-state index is 0.0502. The molecule has 3 heteroatoms. The summed E-state index contributed by atoms with van der Waals surface area (Å²) >= 11 is 0. The van der Waals surface area contributed by atoms with Crippen LogP contribution in [0.4, 0.5) is 0 Å². The van der Waals surface area contributed by atoms with Gasteiger partial charge in [-0.25, -0.2) is 0 Å². The summed E-state index contributed by atoms with van der Waals surface area (Å²) in [5.41, 5.74) is 1.93. The molecule has 1 heterocycles. The first-order chi connectivity index (χ1) is 9.72. The number of benzene rings is 2. The number of ketones is 1. The Kier molecular flexibility index (Phi) is 3.28. The van der Waals surface area contributed by atoms with Gasteiger partial charge in [0.05, 0.1) is 19.2 Å². The first kappa shape index (κ1) is 12.9. The van der Waals surface area contributed by atoms with Crippen LogP contribution in [0.3, 0.4) is 0 Å². The van der Waals surface area contributed by atoms with E-state index in [0.29, 0.717) is 0 Å². The summed E-state index contributed by atoms with van der Waals surface area (Å²) < 4.78 is 5.11. The van der Waals surface area contributed by atoms with Crippen molar-refractivity contribution < 1.29 is 9.53 Å². The quantitative estimate of drug-likeness (QED) is 0.630. The Hall–Kier alpha value is -2.13. The van der Waals surface area contributed by atoms with Crippen molar-refractivity contribution in [3.63, 3.8) is 0 Å². The molecule has 1 aliphatic rings. The molecule has 0 spiro atoms. The maximum absolute atomic E-state index is 12.5. The van der Waals surface area contributed by atoms with Crippen molar-refractivity contribution in [2.75, 3.05) is 14.2 Å². The van der Waals surface area contributed by atoms with E-state index in [9.17, 15) is 4.79 Å². The molecule has 2 aromatic rings. The summed E-state index contributed by atoms with van der Waals surface area (Å²) in [5, 5.41) is 0. The number of methoxy groups -OCH3 is 1. The van der Waals surface area contributed by atoms with Crippen LogP contribution < -0.4 is 4.74 Å². The maximum atomic E-state index is 12.5. The molecule has 0 bridgehead atoms. The minimum atomic E-state index is -0.0502. The zero-order valence-electron chi connectivity index (χ0n) is 11.6. The summed E-state index contributed by atoms with van der Waals surface area (Å²) in [6, 6.07) is 17.6. The van der Waals surface area contributed by atoms with Crippen molar-refractivity contribution >= 4 is 5.78 Å². The SMILES string of the molecule is COc1ccc(C(=O)[C@H]2[C@H](c3ccccc3)N2C)cc1. The van der Waals surface area contributed by atoms with Crippen LogP contribution in [0.1, 0.15) is 22.0 Å². The van der Waals surface area contributed by atoms with Gasteiger partial charge in [-0.15, -0.1) is 0 Å². The lowest BCUT2D eigenvalue weighted by Gasteiger charge is -2.02. The summed E-state index contributed by atoms with van der Waals surface area (Å²) in [4.78, 5) is 14.6. The number of Topliss-reactive ketones (excluding diaryl/α,β-unsaturated/α-hetero) is 1. The zero-order valence-corrected chi connectivity index (χ0v) is 11.6. The van der Waals surface area contributed by atoms with E-state index in [2.05, 4.69) is 17.0 Å². The van der Waals surface area contributed by atoms with Crippen molar-refractivity contribution in [2.24, 2.45) is 0 Å². The van der Waals surface area contributed by atoms with Gasteiger partial charge in [0.1, 0.15) is 5.75 Å². The summed E-state index contributed by atoms with van der Waals surface area (Å²) in [7, 11) is 3.61. The number of hydrogen-bond donors (Lipinski definition) is 0. The monoisotopic (exact) mass is 267 g/mol. The van der Waals surface area contributed by atoms with Crippen molar-refractivity contribution in [2.45, 2.75) is 12.1 Å². The van der Waals surface area contributed by atoms with Gasteiger partial charge in [-0.3, -0.25) is 9.69 Å². The Balaban J connectivity index is 1.78. The van der Waals surface area contributed by atoms with Crippen LogP contribution in [0.5, 0.6) is 5.75 Å². The van der Waals surface area contributed by atoms with Crippen molar-refractivity contribution in [3.05, 3.63) is 65.7 Å². The van der Waals surface area contributed by atoms with E-state index in [1.807, 2.05) is 49.5 Å². The molecule has 3 atom stereocenters. The van der Waals surface area contributed by atoms with E-state index in [4.69, 9.17) is 4.74 Å². The first-order valence-electron chi connectivity index (χ1n) is 6.67. The molecular formula is C17H17NO2. The van der Waals surface area contributed by atoms with Crippen LogP contribution in [0.2, 0.25) is 0 Å². The molecule has 0 aliphatic carbocycles. The third-order valence-electron chi connectivity index (χ3n) is 3.87. The topological polar surface area (TPSA) is 29.3 Å². The lowest BCUT2D eigenvalue weighted by Crippen LogP contribution is -2.11. The molecule has 3 nitrogen and oxygen atoms in total. The Labute approximate surface area is 118 Å². The number of ether oxygens (including phenoxy) is 1. The number of carbonyl (C=O) groups is 1. The van der Waals surface area contributed by atoms with Gasteiger partial charge in [-0.1, -0.05) is 30.3 Å². The van der Waals surface area contributed by atoms with Gasteiger partial charge in [-0.05, 0) is 36.9 Å². The Morgan fingerprint density at radius 1 is 1.05 bits per heavy atom. The fraction of sp³-hybridized carbons (Fsp3) is 0.235. The van der Waals surface area contributed by atoms with Crippen molar-refractivity contribution in [1.82, 2.24) is 4.90 Å². The minimum Gasteiger partial charge on any atom is -0.497 e. The predicted octanol–water partition coefficient (Wildman–Crippen LogP) is 2.93. The van der Waals surface area contributed by atoms with E-state index >= 15 is 0 Å². The summed E-state index contributed by atoms with van der Waals surface area (Å²) in [6.45, 7) is 0. The molecule has 1 saturated heterocycles. The molecule has 0 aromatic heterocycles. The lowest BCUT2D eigenvalue weighted by atomic mass is 10.0. The van der Waals surface area contributed by atoms with Gasteiger partial charge < -0.3 is 4.74 Å². The molecule has 1 unspecified atom stereocenters. The molecule has 102 valence electrons. The number of hydrogen-bond acceptors (Lipinski definition) is 3. The highest BCUT2D eigenvalue weighted by Gasteiger charge is 2.50. The van der Waals surface area contributed by atoms with E-state index < -0.39 is 0 Å². The molecule has 3 rings (SSSR count). The average molecular weight is 267 g/mol. The van der Waals surface area contributed by atoms with Gasteiger partial charge in [0.15, 0.2) is 5.78 Å². The number of rotatable bonds is 4. The Morgan fingerprint density at radius 3 is 2.30 bits per heavy atom. The van der Waals surface area contributed by atoms with Crippen LogP contribution in [0, 0.1) is 0 Å². The van der Waals surface area contributed by atoms with Crippen molar-refractivity contribution in [1.29, 1.82) is 0 Å². The highest BCUT2D eigenvalue weighted by molar-refractivity contribution is 6.02. The number of nitrogens with zero attached hydrogens (tertiary/aromatic N) is 1. The van der Waals surface area contributed by atoms with E-state index in [1.54, 1.807) is 7.11 Å². The Bertz CT molecular complexity index is 607. The lowest BCUT2D eigenvalue weighted by molar-refractivity contribution is 0.0977. The first-order valence-corrected chi connectivity index (χ1v) is 6.67. The van der Waals surface area contributed by atoms with E-state index in [0.717, 1.165) is 11.3 Å². The summed E-state index contributed by atoms with van der Waals surface area (Å²) in [6.07, 6.45) is 0. The smallest absolute Gasteiger partial charge is 0.181 e. The van der Waals surface area contributed by atoms with Crippen LogP contribution >= 0.6 is 0 Å². The summed E-state index contributed by atoms with van der Waals surface area (Å²) in [5.74, 6) is 0.939. The standard InChI is InChI=1S/C17H17NO2/c1-18-15(12-6-4-3-5-7-12)16(18)17(19)13-8-10-14(20-2)11-9-13/h3-11,15-16H,1-2H3/t15-,16+,18?/m0/s1.